The molecule has 6 nitrogen and oxygen atoms in total. The quantitative estimate of drug-likeness (QED) is 0.485. The minimum absolute atomic E-state index is 0.125. The molecular formula is C22H19NO5S. The van der Waals surface area contributed by atoms with Gasteiger partial charge in [-0.1, -0.05) is 30.3 Å². The number of nitrogens with one attached hydrogen (secondary N) is 1. The number of hydrogen-bond acceptors (Lipinski definition) is 6. The molecule has 1 atom stereocenters. The molecule has 1 aliphatic heterocycles. The van der Waals surface area contributed by atoms with E-state index in [-0.39, 0.29) is 12.5 Å². The Bertz CT molecular complexity index is 1070. The molecule has 0 bridgehead atoms. The summed E-state index contributed by atoms with van der Waals surface area (Å²) < 4.78 is 15.8. The number of rotatable bonds is 6. The molecule has 4 rings (SSSR count). The van der Waals surface area contributed by atoms with Crippen molar-refractivity contribution in [1.82, 2.24) is 0 Å². The Morgan fingerprint density at radius 3 is 2.69 bits per heavy atom. The maximum absolute atomic E-state index is 12.3. The summed E-state index contributed by atoms with van der Waals surface area (Å²) in [5, 5.41) is 4.97. The standard InChI is InChI=1S/C22H19NO5S/c1-14(22(25)23-17-7-9-19-20(11-17)27-13-26-19)28-21(24)12-29-18-8-6-15-4-2-3-5-16(15)10-18/h2-11,14H,12-13H2,1H3,(H,23,25)/t14-/m1/s1. The van der Waals surface area contributed by atoms with Crippen LogP contribution >= 0.6 is 11.8 Å². The fraction of sp³-hybridized carbons (Fsp3) is 0.182. The van der Waals surface area contributed by atoms with E-state index in [1.807, 2.05) is 42.5 Å². The molecule has 0 radical (unpaired) electrons. The molecule has 1 heterocycles. The predicted octanol–water partition coefficient (Wildman–Crippen LogP) is 4.23. The van der Waals surface area contributed by atoms with Crippen molar-refractivity contribution in [2.75, 3.05) is 17.9 Å². The van der Waals surface area contributed by atoms with Crippen molar-refractivity contribution in [2.45, 2.75) is 17.9 Å². The molecule has 0 saturated carbocycles. The van der Waals surface area contributed by atoms with Gasteiger partial charge in [-0.3, -0.25) is 9.59 Å². The zero-order chi connectivity index (χ0) is 20.2. The molecule has 0 aromatic heterocycles. The molecule has 7 heteroatoms. The van der Waals surface area contributed by atoms with Crippen LogP contribution in [0.4, 0.5) is 5.69 Å². The first-order valence-electron chi connectivity index (χ1n) is 9.10. The highest BCUT2D eigenvalue weighted by Crippen LogP contribution is 2.34. The van der Waals surface area contributed by atoms with E-state index < -0.39 is 18.0 Å². The number of hydrogen-bond donors (Lipinski definition) is 1. The third kappa shape index (κ3) is 4.63. The van der Waals surface area contributed by atoms with Gasteiger partial charge in [0.25, 0.3) is 5.91 Å². The van der Waals surface area contributed by atoms with Crippen LogP contribution in [0.3, 0.4) is 0 Å². The molecule has 1 amide bonds. The molecule has 29 heavy (non-hydrogen) atoms. The summed E-state index contributed by atoms with van der Waals surface area (Å²) >= 11 is 1.38. The number of fused-ring (bicyclic) bond motifs is 2. The average molecular weight is 409 g/mol. The fourth-order valence-electron chi connectivity index (χ4n) is 2.90. The number of carbonyl (C=O) groups is 2. The van der Waals surface area contributed by atoms with E-state index in [0.29, 0.717) is 17.2 Å². The Morgan fingerprint density at radius 1 is 1.03 bits per heavy atom. The summed E-state index contributed by atoms with van der Waals surface area (Å²) in [7, 11) is 0. The Hall–Kier alpha value is -3.19. The van der Waals surface area contributed by atoms with Crippen LogP contribution in [0.15, 0.2) is 65.6 Å². The molecule has 1 N–H and O–H groups in total. The van der Waals surface area contributed by atoms with E-state index in [0.717, 1.165) is 15.7 Å². The number of benzene rings is 3. The van der Waals surface area contributed by atoms with Gasteiger partial charge in [0.05, 0.1) is 5.75 Å². The van der Waals surface area contributed by atoms with Gasteiger partial charge in [-0.05, 0) is 42.0 Å². The summed E-state index contributed by atoms with van der Waals surface area (Å²) in [5.41, 5.74) is 0.549. The highest BCUT2D eigenvalue weighted by molar-refractivity contribution is 8.00. The van der Waals surface area contributed by atoms with E-state index in [4.69, 9.17) is 14.2 Å². The maximum Gasteiger partial charge on any atom is 0.317 e. The van der Waals surface area contributed by atoms with Gasteiger partial charge in [-0.2, -0.15) is 0 Å². The number of amides is 1. The first-order valence-corrected chi connectivity index (χ1v) is 10.1. The van der Waals surface area contributed by atoms with E-state index in [9.17, 15) is 9.59 Å². The lowest BCUT2D eigenvalue weighted by Gasteiger charge is -2.14. The van der Waals surface area contributed by atoms with Gasteiger partial charge in [-0.15, -0.1) is 11.8 Å². The smallest absolute Gasteiger partial charge is 0.317 e. The van der Waals surface area contributed by atoms with Gasteiger partial charge in [0.15, 0.2) is 17.6 Å². The summed E-state index contributed by atoms with van der Waals surface area (Å²) in [6.07, 6.45) is -0.912. The third-order valence-corrected chi connectivity index (χ3v) is 5.36. The molecule has 1 aliphatic rings. The largest absolute Gasteiger partial charge is 0.454 e. The normalized spacial score (nSPS) is 13.1. The molecule has 3 aromatic rings. The van der Waals surface area contributed by atoms with Crippen molar-refractivity contribution in [3.05, 3.63) is 60.7 Å². The van der Waals surface area contributed by atoms with Crippen LogP contribution in [0.5, 0.6) is 11.5 Å². The lowest BCUT2D eigenvalue weighted by Crippen LogP contribution is -2.30. The van der Waals surface area contributed by atoms with E-state index >= 15 is 0 Å². The molecule has 3 aromatic carbocycles. The summed E-state index contributed by atoms with van der Waals surface area (Å²) in [6, 6.07) is 19.1. The van der Waals surface area contributed by atoms with Crippen LogP contribution in [-0.2, 0) is 14.3 Å². The summed E-state index contributed by atoms with van der Waals surface area (Å²) in [5.74, 6) is 0.469. The van der Waals surface area contributed by atoms with Gasteiger partial charge >= 0.3 is 5.97 Å². The number of ether oxygens (including phenoxy) is 3. The lowest BCUT2D eigenvalue weighted by molar-refractivity contribution is -0.150. The van der Waals surface area contributed by atoms with Crippen molar-refractivity contribution in [3.8, 4) is 11.5 Å². The van der Waals surface area contributed by atoms with Crippen molar-refractivity contribution < 1.29 is 23.8 Å². The SMILES string of the molecule is C[C@@H](OC(=O)CSc1ccc2ccccc2c1)C(=O)Nc1ccc2c(c1)OCO2. The monoisotopic (exact) mass is 409 g/mol. The fourth-order valence-corrected chi connectivity index (χ4v) is 3.63. The molecule has 0 aliphatic carbocycles. The summed E-state index contributed by atoms with van der Waals surface area (Å²) in [4.78, 5) is 25.4. The first-order chi connectivity index (χ1) is 14.1. The zero-order valence-corrected chi connectivity index (χ0v) is 16.5. The van der Waals surface area contributed by atoms with Gasteiger partial charge in [0, 0.05) is 16.6 Å². The van der Waals surface area contributed by atoms with Gasteiger partial charge in [0.2, 0.25) is 6.79 Å². The van der Waals surface area contributed by atoms with E-state index in [2.05, 4.69) is 5.32 Å². The van der Waals surface area contributed by atoms with Crippen LogP contribution in [0.2, 0.25) is 0 Å². The van der Waals surface area contributed by atoms with Crippen molar-refractivity contribution in [2.24, 2.45) is 0 Å². The van der Waals surface area contributed by atoms with Crippen molar-refractivity contribution in [1.29, 1.82) is 0 Å². The molecule has 148 valence electrons. The molecular weight excluding hydrogens is 390 g/mol. The molecule has 0 unspecified atom stereocenters. The second kappa shape index (κ2) is 8.45. The Kier molecular flexibility index (Phi) is 5.57. The second-order valence-corrected chi connectivity index (χ2v) is 7.54. The third-order valence-electron chi connectivity index (χ3n) is 4.40. The molecule has 0 saturated heterocycles. The first kappa shape index (κ1) is 19.1. The van der Waals surface area contributed by atoms with Crippen LogP contribution < -0.4 is 14.8 Å². The summed E-state index contributed by atoms with van der Waals surface area (Å²) in [6.45, 7) is 1.70. The number of anilines is 1. The van der Waals surface area contributed by atoms with Crippen molar-refractivity contribution in [3.63, 3.8) is 0 Å². The molecule has 0 spiro atoms. The lowest BCUT2D eigenvalue weighted by atomic mass is 10.1. The van der Waals surface area contributed by atoms with Gasteiger partial charge < -0.3 is 19.5 Å². The van der Waals surface area contributed by atoms with Crippen LogP contribution in [0, 0.1) is 0 Å². The minimum Gasteiger partial charge on any atom is -0.454 e. The van der Waals surface area contributed by atoms with Crippen molar-refractivity contribution >= 4 is 40.1 Å². The Balaban J connectivity index is 1.28. The topological polar surface area (TPSA) is 73.9 Å². The number of thioether (sulfide) groups is 1. The average Bonchev–Trinajstić information content (AvgIpc) is 3.20. The Labute approximate surface area is 172 Å². The maximum atomic E-state index is 12.3. The van der Waals surface area contributed by atoms with Gasteiger partial charge in [0.1, 0.15) is 0 Å². The Morgan fingerprint density at radius 2 is 1.83 bits per heavy atom. The minimum atomic E-state index is -0.912. The predicted molar refractivity (Wildman–Crippen MR) is 111 cm³/mol. The van der Waals surface area contributed by atoms with Crippen LogP contribution in [0.25, 0.3) is 10.8 Å². The van der Waals surface area contributed by atoms with E-state index in [1.165, 1.54) is 11.8 Å². The highest BCUT2D eigenvalue weighted by atomic mass is 32.2. The zero-order valence-electron chi connectivity index (χ0n) is 15.7. The van der Waals surface area contributed by atoms with Crippen LogP contribution in [-0.4, -0.2) is 30.5 Å². The van der Waals surface area contributed by atoms with Gasteiger partial charge in [-0.25, -0.2) is 0 Å². The van der Waals surface area contributed by atoms with E-state index in [1.54, 1.807) is 25.1 Å². The number of carbonyl (C=O) groups excluding carboxylic acids is 2. The second-order valence-electron chi connectivity index (χ2n) is 6.49. The molecule has 0 fully saturated rings. The number of esters is 1. The van der Waals surface area contributed by atoms with Crippen LogP contribution in [0.1, 0.15) is 6.92 Å². The highest BCUT2D eigenvalue weighted by Gasteiger charge is 2.20.